The van der Waals surface area contributed by atoms with Gasteiger partial charge in [-0.25, -0.2) is 0 Å². The maximum absolute atomic E-state index is 11.6. The number of fused-ring (bicyclic) bond motifs is 1. The number of carbonyl (C=O) groups excluding carboxylic acids is 1. The Bertz CT molecular complexity index is 389. The van der Waals surface area contributed by atoms with E-state index in [0.717, 1.165) is 0 Å². The number of carbonyl (C=O) groups is 1. The average molecular weight is 305 g/mol. The molecule has 0 amide bonds. The maximum Gasteiger partial charge on any atom is 0.325 e. The van der Waals surface area contributed by atoms with Gasteiger partial charge in [0.25, 0.3) is 0 Å². The predicted octanol–water partition coefficient (Wildman–Crippen LogP) is -0.871. The molecular formula is C13H23NO7. The van der Waals surface area contributed by atoms with Crippen molar-refractivity contribution in [2.75, 3.05) is 13.7 Å². The summed E-state index contributed by atoms with van der Waals surface area (Å²) < 4.78 is 27.0. The second-order valence-corrected chi connectivity index (χ2v) is 5.54. The first kappa shape index (κ1) is 16.6. The monoisotopic (exact) mass is 305 g/mol. The summed E-state index contributed by atoms with van der Waals surface area (Å²) in [5.41, 5.74) is 5.72. The van der Waals surface area contributed by atoms with Crippen LogP contribution in [0.4, 0.5) is 0 Å². The van der Waals surface area contributed by atoms with Gasteiger partial charge in [0.2, 0.25) is 0 Å². The van der Waals surface area contributed by atoms with Gasteiger partial charge in [0.1, 0.15) is 30.5 Å². The molecule has 2 fully saturated rings. The summed E-state index contributed by atoms with van der Waals surface area (Å²) in [5, 5.41) is 10.3. The van der Waals surface area contributed by atoms with Gasteiger partial charge in [-0.2, -0.15) is 0 Å². The van der Waals surface area contributed by atoms with Crippen LogP contribution in [0, 0.1) is 0 Å². The lowest BCUT2D eigenvalue weighted by Gasteiger charge is -2.28. The van der Waals surface area contributed by atoms with Crippen LogP contribution in [0.25, 0.3) is 0 Å². The van der Waals surface area contributed by atoms with E-state index >= 15 is 0 Å². The number of rotatable bonds is 5. The van der Waals surface area contributed by atoms with Gasteiger partial charge in [0.15, 0.2) is 12.1 Å². The van der Waals surface area contributed by atoms with Crippen molar-refractivity contribution in [3.63, 3.8) is 0 Å². The van der Waals surface area contributed by atoms with Crippen LogP contribution in [-0.4, -0.2) is 67.3 Å². The number of hydrogen-bond donors (Lipinski definition) is 2. The Balaban J connectivity index is 2.10. The molecule has 2 saturated heterocycles. The number of aliphatic hydroxyl groups is 1. The largest absolute Gasteiger partial charge is 0.465 e. The zero-order valence-corrected chi connectivity index (χ0v) is 12.6. The molecule has 3 N–H and O–H groups in total. The Morgan fingerprint density at radius 3 is 2.57 bits per heavy atom. The minimum Gasteiger partial charge on any atom is -0.465 e. The molecule has 8 heteroatoms. The summed E-state index contributed by atoms with van der Waals surface area (Å²) >= 11 is 0. The van der Waals surface area contributed by atoms with E-state index in [-0.39, 0.29) is 6.61 Å². The summed E-state index contributed by atoms with van der Waals surface area (Å²) in [7, 11) is 1.47. The van der Waals surface area contributed by atoms with Crippen molar-refractivity contribution in [3.8, 4) is 0 Å². The molecule has 6 atom stereocenters. The number of methoxy groups -OCH3 is 1. The van der Waals surface area contributed by atoms with Crippen LogP contribution in [-0.2, 0) is 28.5 Å². The van der Waals surface area contributed by atoms with Gasteiger partial charge in [-0.15, -0.1) is 0 Å². The summed E-state index contributed by atoms with van der Waals surface area (Å²) in [4.78, 5) is 11.6. The summed E-state index contributed by atoms with van der Waals surface area (Å²) in [6, 6.07) is -1.22. The second kappa shape index (κ2) is 6.15. The molecule has 0 aromatic rings. The summed E-state index contributed by atoms with van der Waals surface area (Å²) in [5.74, 6) is -1.51. The normalized spacial score (nSPS) is 37.0. The van der Waals surface area contributed by atoms with Crippen molar-refractivity contribution in [2.24, 2.45) is 5.73 Å². The highest BCUT2D eigenvalue weighted by molar-refractivity contribution is 5.76. The molecule has 0 radical (unpaired) electrons. The van der Waals surface area contributed by atoms with Crippen LogP contribution in [0.2, 0.25) is 0 Å². The predicted molar refractivity (Wildman–Crippen MR) is 70.1 cm³/mol. The number of aliphatic hydroxyl groups excluding tert-OH is 1. The molecule has 0 spiro atoms. The van der Waals surface area contributed by atoms with E-state index in [2.05, 4.69) is 0 Å². The summed E-state index contributed by atoms with van der Waals surface area (Å²) in [6.07, 6.45) is -3.86. The first-order valence-electron chi connectivity index (χ1n) is 6.95. The van der Waals surface area contributed by atoms with Gasteiger partial charge in [0, 0.05) is 7.11 Å². The van der Waals surface area contributed by atoms with Crippen LogP contribution in [0.15, 0.2) is 0 Å². The minimum atomic E-state index is -1.28. The molecule has 2 aliphatic heterocycles. The topological polar surface area (TPSA) is 109 Å². The van der Waals surface area contributed by atoms with Crippen molar-refractivity contribution in [3.05, 3.63) is 0 Å². The van der Waals surface area contributed by atoms with Crippen LogP contribution in [0.5, 0.6) is 0 Å². The Hall–Kier alpha value is -0.770. The SMILES string of the molecule is CCOC(=O)C(N)C(O)[C@H]1O[C@@H](OC)C2OC(C)(C)OC21. The van der Waals surface area contributed by atoms with Crippen molar-refractivity contribution in [1.29, 1.82) is 0 Å². The van der Waals surface area contributed by atoms with Gasteiger partial charge < -0.3 is 34.5 Å². The van der Waals surface area contributed by atoms with Crippen LogP contribution in [0.3, 0.4) is 0 Å². The molecule has 0 bridgehead atoms. The zero-order valence-electron chi connectivity index (χ0n) is 12.6. The lowest BCUT2D eigenvalue weighted by molar-refractivity contribution is -0.238. The molecule has 2 aliphatic rings. The van der Waals surface area contributed by atoms with Crippen molar-refractivity contribution in [1.82, 2.24) is 0 Å². The molecular weight excluding hydrogens is 282 g/mol. The summed E-state index contributed by atoms with van der Waals surface area (Å²) in [6.45, 7) is 5.36. The van der Waals surface area contributed by atoms with Gasteiger partial charge in [-0.1, -0.05) is 0 Å². The smallest absolute Gasteiger partial charge is 0.325 e. The molecule has 0 aromatic carbocycles. The van der Waals surface area contributed by atoms with Crippen molar-refractivity contribution < 1.29 is 33.6 Å². The fraction of sp³-hybridized carbons (Fsp3) is 0.923. The number of ether oxygens (including phenoxy) is 5. The Morgan fingerprint density at radius 2 is 2.00 bits per heavy atom. The molecule has 4 unspecified atom stereocenters. The van der Waals surface area contributed by atoms with Gasteiger partial charge in [0.05, 0.1) is 6.61 Å². The van der Waals surface area contributed by atoms with E-state index in [1.54, 1.807) is 20.8 Å². The van der Waals surface area contributed by atoms with Crippen LogP contribution >= 0.6 is 0 Å². The fourth-order valence-electron chi connectivity index (χ4n) is 2.64. The second-order valence-electron chi connectivity index (χ2n) is 5.54. The third-order valence-electron chi connectivity index (χ3n) is 3.54. The third kappa shape index (κ3) is 3.20. The van der Waals surface area contributed by atoms with Crippen LogP contribution in [0.1, 0.15) is 20.8 Å². The molecule has 8 nitrogen and oxygen atoms in total. The lowest BCUT2D eigenvalue weighted by atomic mass is 10.0. The Kier molecular flexibility index (Phi) is 4.86. The van der Waals surface area contributed by atoms with Crippen molar-refractivity contribution >= 4 is 5.97 Å². The molecule has 122 valence electrons. The maximum atomic E-state index is 11.6. The highest BCUT2D eigenvalue weighted by atomic mass is 16.8. The quantitative estimate of drug-likeness (QED) is 0.631. The molecule has 2 heterocycles. The molecule has 2 rings (SSSR count). The van der Waals surface area contributed by atoms with E-state index in [1.807, 2.05) is 0 Å². The first-order valence-corrected chi connectivity index (χ1v) is 6.95. The van der Waals surface area contributed by atoms with E-state index in [4.69, 9.17) is 29.4 Å². The number of hydrogen-bond acceptors (Lipinski definition) is 8. The molecule has 21 heavy (non-hydrogen) atoms. The number of nitrogens with two attached hydrogens (primary N) is 1. The van der Waals surface area contributed by atoms with Gasteiger partial charge >= 0.3 is 5.97 Å². The molecule has 0 aromatic heterocycles. The minimum absolute atomic E-state index is 0.185. The van der Waals surface area contributed by atoms with Gasteiger partial charge in [-0.3, -0.25) is 4.79 Å². The Labute approximate surface area is 123 Å². The average Bonchev–Trinajstić information content (AvgIpc) is 2.90. The van der Waals surface area contributed by atoms with E-state index < -0.39 is 48.5 Å². The Morgan fingerprint density at radius 1 is 1.38 bits per heavy atom. The highest BCUT2D eigenvalue weighted by Crippen LogP contribution is 2.40. The van der Waals surface area contributed by atoms with E-state index in [9.17, 15) is 9.90 Å². The first-order chi connectivity index (χ1) is 9.80. The third-order valence-corrected chi connectivity index (χ3v) is 3.54. The number of esters is 1. The van der Waals surface area contributed by atoms with Gasteiger partial charge in [-0.05, 0) is 20.8 Å². The van der Waals surface area contributed by atoms with Crippen LogP contribution < -0.4 is 5.73 Å². The lowest BCUT2D eigenvalue weighted by Crippen LogP contribution is -2.52. The standard InChI is InChI=1S/C13H23NO7/c1-5-18-11(16)6(14)7(15)8-9-10(12(17-4)19-8)21-13(2,3)20-9/h6-10,12,15H,5,14H2,1-4H3/t6?,7?,8-,9?,10?,12-/m1/s1. The molecule has 0 saturated carbocycles. The highest BCUT2D eigenvalue weighted by Gasteiger charge is 2.58. The van der Waals surface area contributed by atoms with Crippen molar-refractivity contribution in [2.45, 2.75) is 63.3 Å². The van der Waals surface area contributed by atoms with E-state index in [0.29, 0.717) is 0 Å². The zero-order chi connectivity index (χ0) is 15.8. The molecule has 0 aliphatic carbocycles. The van der Waals surface area contributed by atoms with E-state index in [1.165, 1.54) is 7.11 Å². The fourth-order valence-corrected chi connectivity index (χ4v) is 2.64.